The van der Waals surface area contributed by atoms with Gasteiger partial charge in [-0.05, 0) is 29.8 Å². The molecule has 8 heteroatoms. The van der Waals surface area contributed by atoms with Crippen LogP contribution in [-0.4, -0.2) is 10.1 Å². The summed E-state index contributed by atoms with van der Waals surface area (Å²) in [5.41, 5.74) is 4.05. The van der Waals surface area contributed by atoms with Crippen LogP contribution in [-0.2, 0) is 6.18 Å². The molecule has 0 spiro atoms. The summed E-state index contributed by atoms with van der Waals surface area (Å²) in [5, 5.41) is 18.7. The van der Waals surface area contributed by atoms with Crippen LogP contribution < -0.4 is 5.73 Å². The van der Waals surface area contributed by atoms with E-state index in [2.05, 4.69) is 4.98 Å². The summed E-state index contributed by atoms with van der Waals surface area (Å²) in [6.45, 7) is 0. The van der Waals surface area contributed by atoms with Gasteiger partial charge in [0.05, 0.1) is 11.3 Å². The van der Waals surface area contributed by atoms with E-state index in [9.17, 15) is 27.9 Å². The average Bonchev–Trinajstić information content (AvgIpc) is 2.60. The number of aromatic nitrogens is 1. The SMILES string of the molecule is N#Cc1c(-c2ccccc2C(F)(F)F)cc(-c2ccc(O)cc2F)nc1N. The Labute approximate surface area is 151 Å². The summed E-state index contributed by atoms with van der Waals surface area (Å²) >= 11 is 0. The number of nitriles is 1. The van der Waals surface area contributed by atoms with Crippen LogP contribution in [0.25, 0.3) is 22.4 Å². The Morgan fingerprint density at radius 1 is 1.00 bits per heavy atom. The van der Waals surface area contributed by atoms with Crippen molar-refractivity contribution in [1.82, 2.24) is 4.98 Å². The molecule has 3 N–H and O–H groups in total. The number of aromatic hydroxyl groups is 1. The van der Waals surface area contributed by atoms with Crippen LogP contribution in [0.15, 0.2) is 48.5 Å². The first-order valence-electron chi connectivity index (χ1n) is 7.58. The summed E-state index contributed by atoms with van der Waals surface area (Å²) in [6, 6.07) is 10.9. The van der Waals surface area contributed by atoms with Crippen molar-refractivity contribution in [3.63, 3.8) is 0 Å². The predicted molar refractivity (Wildman–Crippen MR) is 90.9 cm³/mol. The van der Waals surface area contributed by atoms with Crippen LogP contribution in [0.2, 0.25) is 0 Å². The normalized spacial score (nSPS) is 11.2. The van der Waals surface area contributed by atoms with Crippen molar-refractivity contribution in [3.8, 4) is 34.2 Å². The number of pyridine rings is 1. The number of benzene rings is 2. The number of nitrogens with two attached hydrogens (primary N) is 1. The Morgan fingerprint density at radius 2 is 1.70 bits per heavy atom. The number of hydrogen-bond acceptors (Lipinski definition) is 4. The molecule has 0 amide bonds. The minimum absolute atomic E-state index is 0.0593. The lowest BCUT2D eigenvalue weighted by Crippen LogP contribution is -2.08. The van der Waals surface area contributed by atoms with Crippen LogP contribution in [0.5, 0.6) is 5.75 Å². The maximum absolute atomic E-state index is 14.2. The van der Waals surface area contributed by atoms with Crippen molar-refractivity contribution >= 4 is 5.82 Å². The molecule has 3 rings (SSSR count). The van der Waals surface area contributed by atoms with Gasteiger partial charge in [0.25, 0.3) is 0 Å². The number of alkyl halides is 3. The van der Waals surface area contributed by atoms with Crippen molar-refractivity contribution in [1.29, 1.82) is 5.26 Å². The van der Waals surface area contributed by atoms with Gasteiger partial charge in [-0.2, -0.15) is 18.4 Å². The minimum atomic E-state index is -4.66. The fourth-order valence-electron chi connectivity index (χ4n) is 2.71. The van der Waals surface area contributed by atoms with Gasteiger partial charge in [-0.25, -0.2) is 9.37 Å². The van der Waals surface area contributed by atoms with Crippen molar-refractivity contribution < 1.29 is 22.7 Å². The summed E-state index contributed by atoms with van der Waals surface area (Å²) < 4.78 is 54.3. The zero-order chi connectivity index (χ0) is 19.8. The smallest absolute Gasteiger partial charge is 0.417 e. The van der Waals surface area contributed by atoms with Gasteiger partial charge < -0.3 is 10.8 Å². The summed E-state index contributed by atoms with van der Waals surface area (Å²) in [5.74, 6) is -1.48. The number of nitrogens with zero attached hydrogens (tertiary/aromatic N) is 2. The lowest BCUT2D eigenvalue weighted by Gasteiger charge is -2.16. The van der Waals surface area contributed by atoms with Crippen LogP contribution in [0.4, 0.5) is 23.4 Å². The average molecular weight is 373 g/mol. The molecule has 27 heavy (non-hydrogen) atoms. The number of phenols is 1. The topological polar surface area (TPSA) is 82.9 Å². The number of rotatable bonds is 2. The van der Waals surface area contributed by atoms with Crippen LogP contribution in [0, 0.1) is 17.1 Å². The van der Waals surface area contributed by atoms with Gasteiger partial charge >= 0.3 is 6.18 Å². The van der Waals surface area contributed by atoms with Gasteiger partial charge in [0.2, 0.25) is 0 Å². The number of anilines is 1. The number of halogens is 4. The third-order valence-electron chi connectivity index (χ3n) is 3.91. The summed E-state index contributed by atoms with van der Waals surface area (Å²) in [7, 11) is 0. The van der Waals surface area contributed by atoms with Gasteiger partial charge in [-0.3, -0.25) is 0 Å². The molecule has 4 nitrogen and oxygen atoms in total. The van der Waals surface area contributed by atoms with Crippen molar-refractivity contribution in [2.45, 2.75) is 6.18 Å². The van der Waals surface area contributed by atoms with Gasteiger partial charge in [0.1, 0.15) is 29.0 Å². The maximum atomic E-state index is 14.2. The Kier molecular flexibility index (Phi) is 4.45. The summed E-state index contributed by atoms with van der Waals surface area (Å²) in [6.07, 6.45) is -4.66. The molecule has 0 saturated heterocycles. The molecule has 0 aliphatic rings. The van der Waals surface area contributed by atoms with E-state index < -0.39 is 17.6 Å². The molecule has 0 bridgehead atoms. The molecule has 0 saturated carbocycles. The zero-order valence-corrected chi connectivity index (χ0v) is 13.5. The van der Waals surface area contributed by atoms with Gasteiger partial charge in [-0.1, -0.05) is 18.2 Å². The first kappa shape index (κ1) is 18.2. The van der Waals surface area contributed by atoms with Gasteiger partial charge in [-0.15, -0.1) is 0 Å². The largest absolute Gasteiger partial charge is 0.508 e. The molecule has 0 radical (unpaired) electrons. The van der Waals surface area contributed by atoms with E-state index in [0.29, 0.717) is 0 Å². The minimum Gasteiger partial charge on any atom is -0.508 e. The molecule has 1 aromatic heterocycles. The van der Waals surface area contributed by atoms with E-state index >= 15 is 0 Å². The lowest BCUT2D eigenvalue weighted by molar-refractivity contribution is -0.137. The molecule has 0 aliphatic heterocycles. The van der Waals surface area contributed by atoms with Crippen LogP contribution in [0.3, 0.4) is 0 Å². The van der Waals surface area contributed by atoms with Gasteiger partial charge in [0.15, 0.2) is 0 Å². The second kappa shape index (κ2) is 6.61. The zero-order valence-electron chi connectivity index (χ0n) is 13.5. The third-order valence-corrected chi connectivity index (χ3v) is 3.91. The van der Waals surface area contributed by atoms with E-state index in [-0.39, 0.29) is 39.5 Å². The number of hydrogen-bond donors (Lipinski definition) is 2. The molecular weight excluding hydrogens is 362 g/mol. The molecule has 0 fully saturated rings. The predicted octanol–water partition coefficient (Wildman–Crippen LogP) is 4.73. The number of nitrogen functional groups attached to an aromatic ring is 1. The number of phenolic OH excluding ortho intramolecular Hbond substituents is 1. The molecule has 136 valence electrons. The molecule has 0 unspecified atom stereocenters. The van der Waals surface area contributed by atoms with Crippen LogP contribution in [0.1, 0.15) is 11.1 Å². The highest BCUT2D eigenvalue weighted by atomic mass is 19.4. The standard InChI is InChI=1S/C19H11F4N3O/c20-16-7-10(27)5-6-12(16)17-8-13(14(9-24)18(25)26-17)11-3-1-2-4-15(11)19(21,22)23/h1-8,27H,(H2,25,26). The van der Waals surface area contributed by atoms with E-state index in [4.69, 9.17) is 5.73 Å². The Morgan fingerprint density at radius 3 is 2.33 bits per heavy atom. The Bertz CT molecular complexity index is 1070. The molecular formula is C19H11F4N3O. The molecule has 0 aliphatic carbocycles. The Balaban J connectivity index is 2.32. The third kappa shape index (κ3) is 3.40. The molecule has 3 aromatic rings. The fraction of sp³-hybridized carbons (Fsp3) is 0.0526. The Hall–Kier alpha value is -3.60. The highest BCUT2D eigenvalue weighted by Crippen LogP contribution is 2.40. The monoisotopic (exact) mass is 373 g/mol. The molecule has 2 aromatic carbocycles. The van der Waals surface area contributed by atoms with Crippen LogP contribution >= 0.6 is 0 Å². The first-order chi connectivity index (χ1) is 12.7. The second-order valence-corrected chi connectivity index (χ2v) is 5.63. The van der Waals surface area contributed by atoms with E-state index in [1.165, 1.54) is 36.4 Å². The molecule has 1 heterocycles. The summed E-state index contributed by atoms with van der Waals surface area (Å²) in [4.78, 5) is 3.94. The quantitative estimate of drug-likeness (QED) is 0.636. The lowest BCUT2D eigenvalue weighted by atomic mass is 9.94. The fourth-order valence-corrected chi connectivity index (χ4v) is 2.71. The highest BCUT2D eigenvalue weighted by molar-refractivity contribution is 5.82. The van der Waals surface area contributed by atoms with Gasteiger partial charge in [0, 0.05) is 17.2 Å². The van der Waals surface area contributed by atoms with E-state index in [1.54, 1.807) is 6.07 Å². The first-order valence-corrected chi connectivity index (χ1v) is 7.58. The highest BCUT2D eigenvalue weighted by Gasteiger charge is 2.34. The molecule has 0 atom stereocenters. The van der Waals surface area contributed by atoms with Crippen molar-refractivity contribution in [2.24, 2.45) is 0 Å². The van der Waals surface area contributed by atoms with Crippen molar-refractivity contribution in [3.05, 3.63) is 65.5 Å². The maximum Gasteiger partial charge on any atom is 0.417 e. The van der Waals surface area contributed by atoms with E-state index in [0.717, 1.165) is 12.1 Å². The second-order valence-electron chi connectivity index (χ2n) is 5.63. The van der Waals surface area contributed by atoms with Crippen molar-refractivity contribution in [2.75, 3.05) is 5.73 Å². The van der Waals surface area contributed by atoms with E-state index in [1.807, 2.05) is 0 Å².